The summed E-state index contributed by atoms with van der Waals surface area (Å²) in [6, 6.07) is 0. The molecule has 18 heavy (non-hydrogen) atoms. The Morgan fingerprint density at radius 1 is 1.33 bits per heavy atom. The molecule has 3 unspecified atom stereocenters. The monoisotopic (exact) mass is 276 g/mol. The zero-order chi connectivity index (χ0) is 13.6. The van der Waals surface area contributed by atoms with Crippen molar-refractivity contribution in [3.05, 3.63) is 0 Å². The largest absolute Gasteiger partial charge is 0.393 e. The molecule has 1 N–H and O–H groups in total. The maximum Gasteiger partial charge on any atom is 0.150 e. The first-order valence-corrected chi connectivity index (χ1v) is 9.17. The number of hydrogen-bond acceptors (Lipinski definition) is 3. The van der Waals surface area contributed by atoms with Crippen LogP contribution in [0.4, 0.5) is 0 Å². The van der Waals surface area contributed by atoms with Crippen molar-refractivity contribution in [2.45, 2.75) is 64.9 Å². The number of sulfone groups is 1. The van der Waals surface area contributed by atoms with Gasteiger partial charge in [-0.25, -0.2) is 8.42 Å². The third kappa shape index (κ3) is 5.70. The summed E-state index contributed by atoms with van der Waals surface area (Å²) in [5.74, 6) is 1.39. The molecule has 0 aromatic carbocycles. The zero-order valence-electron chi connectivity index (χ0n) is 11.8. The fourth-order valence-corrected chi connectivity index (χ4v) is 4.79. The Morgan fingerprint density at radius 3 is 2.56 bits per heavy atom. The van der Waals surface area contributed by atoms with Gasteiger partial charge >= 0.3 is 0 Å². The Labute approximate surface area is 112 Å². The van der Waals surface area contributed by atoms with E-state index in [1.807, 2.05) is 0 Å². The molecule has 1 saturated heterocycles. The van der Waals surface area contributed by atoms with E-state index in [1.165, 1.54) is 19.3 Å². The lowest BCUT2D eigenvalue weighted by Crippen LogP contribution is -2.18. The molecule has 0 spiro atoms. The van der Waals surface area contributed by atoms with Gasteiger partial charge in [-0.15, -0.1) is 0 Å². The zero-order valence-corrected chi connectivity index (χ0v) is 12.6. The van der Waals surface area contributed by atoms with Crippen LogP contribution in [0.3, 0.4) is 0 Å². The molecule has 1 rings (SSSR count). The lowest BCUT2D eigenvalue weighted by Gasteiger charge is -2.20. The third-order valence-corrected chi connectivity index (χ3v) is 5.92. The number of hydrogen-bond donors (Lipinski definition) is 1. The standard InChI is InChI=1S/C14H28O3S/c1-3-5-6-12(4-2)9-14(15)10-13-7-8-18(16,17)11-13/h12-15H,3-11H2,1-2H3. The van der Waals surface area contributed by atoms with E-state index in [1.54, 1.807) is 0 Å². The van der Waals surface area contributed by atoms with E-state index in [2.05, 4.69) is 13.8 Å². The van der Waals surface area contributed by atoms with Crippen LogP contribution in [0.15, 0.2) is 0 Å². The van der Waals surface area contributed by atoms with Gasteiger partial charge < -0.3 is 5.11 Å². The normalized spacial score (nSPS) is 26.1. The van der Waals surface area contributed by atoms with Crippen molar-refractivity contribution in [3.8, 4) is 0 Å². The van der Waals surface area contributed by atoms with Gasteiger partial charge in [-0.05, 0) is 31.1 Å². The van der Waals surface area contributed by atoms with Gasteiger partial charge in [0.15, 0.2) is 9.84 Å². The molecule has 0 aromatic heterocycles. The molecule has 1 fully saturated rings. The summed E-state index contributed by atoms with van der Waals surface area (Å²) in [5, 5.41) is 10.1. The van der Waals surface area contributed by atoms with Crippen LogP contribution in [-0.4, -0.2) is 31.1 Å². The van der Waals surface area contributed by atoms with Gasteiger partial charge in [-0.3, -0.25) is 0 Å². The highest BCUT2D eigenvalue weighted by Gasteiger charge is 2.29. The first kappa shape index (κ1) is 16.0. The molecule has 3 nitrogen and oxygen atoms in total. The number of unbranched alkanes of at least 4 members (excludes halogenated alkanes) is 1. The highest BCUT2D eigenvalue weighted by atomic mass is 32.2. The average Bonchev–Trinajstić information content (AvgIpc) is 2.63. The van der Waals surface area contributed by atoms with E-state index in [0.717, 1.165) is 19.3 Å². The van der Waals surface area contributed by atoms with Crippen molar-refractivity contribution in [1.29, 1.82) is 0 Å². The molecular formula is C14H28O3S. The molecule has 0 bridgehead atoms. The van der Waals surface area contributed by atoms with Crippen LogP contribution >= 0.6 is 0 Å². The maximum absolute atomic E-state index is 11.4. The molecule has 0 saturated carbocycles. The van der Waals surface area contributed by atoms with E-state index >= 15 is 0 Å². The van der Waals surface area contributed by atoms with Crippen LogP contribution in [0.2, 0.25) is 0 Å². The first-order valence-electron chi connectivity index (χ1n) is 7.35. The SMILES string of the molecule is CCCCC(CC)CC(O)CC1CCS(=O)(=O)C1. The first-order chi connectivity index (χ1) is 8.46. The van der Waals surface area contributed by atoms with Crippen molar-refractivity contribution in [2.24, 2.45) is 11.8 Å². The van der Waals surface area contributed by atoms with Crippen molar-refractivity contribution < 1.29 is 13.5 Å². The topological polar surface area (TPSA) is 54.4 Å². The van der Waals surface area contributed by atoms with Gasteiger partial charge in [0.25, 0.3) is 0 Å². The smallest absolute Gasteiger partial charge is 0.150 e. The van der Waals surface area contributed by atoms with Gasteiger partial charge in [-0.1, -0.05) is 39.5 Å². The predicted molar refractivity (Wildman–Crippen MR) is 75.3 cm³/mol. The van der Waals surface area contributed by atoms with E-state index in [-0.39, 0.29) is 17.8 Å². The van der Waals surface area contributed by atoms with Crippen molar-refractivity contribution in [2.75, 3.05) is 11.5 Å². The lowest BCUT2D eigenvalue weighted by molar-refractivity contribution is 0.114. The summed E-state index contributed by atoms with van der Waals surface area (Å²) >= 11 is 0. The molecule has 0 radical (unpaired) electrons. The number of aliphatic hydroxyl groups is 1. The lowest BCUT2D eigenvalue weighted by atomic mass is 9.89. The predicted octanol–water partition coefficient (Wildman–Crippen LogP) is 2.78. The molecule has 0 amide bonds. The molecule has 3 atom stereocenters. The molecule has 1 aliphatic heterocycles. The highest BCUT2D eigenvalue weighted by molar-refractivity contribution is 7.91. The van der Waals surface area contributed by atoms with Gasteiger partial charge in [0, 0.05) is 0 Å². The Kier molecular flexibility index (Phi) is 6.64. The summed E-state index contributed by atoms with van der Waals surface area (Å²) < 4.78 is 22.7. The minimum atomic E-state index is -2.80. The quantitative estimate of drug-likeness (QED) is 0.741. The second-order valence-electron chi connectivity index (χ2n) is 5.81. The van der Waals surface area contributed by atoms with Crippen LogP contribution in [0.1, 0.15) is 58.8 Å². The van der Waals surface area contributed by atoms with E-state index in [0.29, 0.717) is 18.1 Å². The summed E-state index contributed by atoms with van der Waals surface area (Å²) in [6.45, 7) is 4.36. The Bertz CT molecular complexity index is 324. The van der Waals surface area contributed by atoms with Crippen molar-refractivity contribution >= 4 is 9.84 Å². The summed E-state index contributed by atoms with van der Waals surface area (Å²) in [7, 11) is -2.80. The van der Waals surface area contributed by atoms with Crippen LogP contribution in [0.5, 0.6) is 0 Å². The minimum absolute atomic E-state index is 0.189. The summed E-state index contributed by atoms with van der Waals surface area (Å²) in [5.41, 5.74) is 0. The highest BCUT2D eigenvalue weighted by Crippen LogP contribution is 2.26. The van der Waals surface area contributed by atoms with Crippen LogP contribution in [-0.2, 0) is 9.84 Å². The molecule has 4 heteroatoms. The van der Waals surface area contributed by atoms with Crippen molar-refractivity contribution in [3.63, 3.8) is 0 Å². The third-order valence-electron chi connectivity index (χ3n) is 4.08. The van der Waals surface area contributed by atoms with Crippen LogP contribution in [0.25, 0.3) is 0 Å². The summed E-state index contributed by atoms with van der Waals surface area (Å²) in [4.78, 5) is 0. The van der Waals surface area contributed by atoms with Gasteiger partial charge in [-0.2, -0.15) is 0 Å². The fourth-order valence-electron chi connectivity index (χ4n) is 2.91. The van der Waals surface area contributed by atoms with E-state index in [9.17, 15) is 13.5 Å². The molecule has 108 valence electrons. The molecular weight excluding hydrogens is 248 g/mol. The van der Waals surface area contributed by atoms with E-state index < -0.39 is 9.84 Å². The average molecular weight is 276 g/mol. The Balaban J connectivity index is 2.30. The molecule has 1 aliphatic rings. The van der Waals surface area contributed by atoms with Gasteiger partial charge in [0.2, 0.25) is 0 Å². The van der Waals surface area contributed by atoms with Crippen LogP contribution in [0, 0.1) is 11.8 Å². The second kappa shape index (κ2) is 7.49. The van der Waals surface area contributed by atoms with Crippen LogP contribution < -0.4 is 0 Å². The van der Waals surface area contributed by atoms with Gasteiger partial charge in [0.05, 0.1) is 17.6 Å². The molecule has 0 aliphatic carbocycles. The van der Waals surface area contributed by atoms with Gasteiger partial charge in [0.1, 0.15) is 0 Å². The fraction of sp³-hybridized carbons (Fsp3) is 1.00. The second-order valence-corrected chi connectivity index (χ2v) is 8.04. The Hall–Kier alpha value is -0.0900. The minimum Gasteiger partial charge on any atom is -0.393 e. The number of aliphatic hydroxyl groups excluding tert-OH is 1. The van der Waals surface area contributed by atoms with Crippen molar-refractivity contribution in [1.82, 2.24) is 0 Å². The molecule has 0 aromatic rings. The maximum atomic E-state index is 11.4. The summed E-state index contributed by atoms with van der Waals surface area (Å²) in [6.07, 6.45) is 6.66. The Morgan fingerprint density at radius 2 is 2.06 bits per heavy atom. The molecule has 1 heterocycles. The number of rotatable bonds is 8. The van der Waals surface area contributed by atoms with E-state index in [4.69, 9.17) is 0 Å².